The van der Waals surface area contributed by atoms with Gasteiger partial charge in [-0.15, -0.1) is 0 Å². The van der Waals surface area contributed by atoms with Crippen molar-refractivity contribution < 1.29 is 0 Å². The second-order valence-electron chi connectivity index (χ2n) is 10.3. The zero-order valence-corrected chi connectivity index (χ0v) is 21.6. The fraction of sp³-hybridized carbons (Fsp3) is 0.0857. The lowest BCUT2D eigenvalue weighted by molar-refractivity contribution is 0.632. The first-order valence-corrected chi connectivity index (χ1v) is 13.1. The lowest BCUT2D eigenvalue weighted by Crippen LogP contribution is -2.30. The Balaban J connectivity index is 1.64. The van der Waals surface area contributed by atoms with Gasteiger partial charge in [0.15, 0.2) is 0 Å². The SMILES string of the molecule is CC1(C)c2ccccc2N(c2c(-c3cccc4ccccc34)ccc3ccccc23)c2ccc(Cl)cc21. The first-order chi connectivity index (χ1) is 18.0. The van der Waals surface area contributed by atoms with E-state index in [0.29, 0.717) is 0 Å². The van der Waals surface area contributed by atoms with Gasteiger partial charge in [-0.25, -0.2) is 0 Å². The Labute approximate surface area is 222 Å². The van der Waals surface area contributed by atoms with Crippen molar-refractivity contribution in [1.82, 2.24) is 0 Å². The van der Waals surface area contributed by atoms with Crippen molar-refractivity contribution in [2.45, 2.75) is 19.3 Å². The van der Waals surface area contributed by atoms with E-state index in [9.17, 15) is 0 Å². The van der Waals surface area contributed by atoms with Crippen LogP contribution in [0.5, 0.6) is 0 Å². The normalized spacial score (nSPS) is 14.0. The summed E-state index contributed by atoms with van der Waals surface area (Å²) in [6.07, 6.45) is 0. The largest absolute Gasteiger partial charge is 0.309 e. The van der Waals surface area contributed by atoms with E-state index < -0.39 is 0 Å². The molecular weight excluding hydrogens is 470 g/mol. The number of para-hydroxylation sites is 1. The Morgan fingerprint density at radius 1 is 0.541 bits per heavy atom. The van der Waals surface area contributed by atoms with Crippen LogP contribution in [-0.4, -0.2) is 0 Å². The molecule has 0 saturated carbocycles. The van der Waals surface area contributed by atoms with Crippen LogP contribution in [0.4, 0.5) is 17.1 Å². The molecule has 6 aromatic carbocycles. The van der Waals surface area contributed by atoms with Crippen LogP contribution in [0.15, 0.2) is 121 Å². The fourth-order valence-corrected chi connectivity index (χ4v) is 6.26. The Hall–Kier alpha value is -4.07. The van der Waals surface area contributed by atoms with E-state index in [1.807, 2.05) is 6.07 Å². The van der Waals surface area contributed by atoms with Crippen LogP contribution in [0.25, 0.3) is 32.7 Å². The van der Waals surface area contributed by atoms with Crippen LogP contribution < -0.4 is 4.90 Å². The van der Waals surface area contributed by atoms with Gasteiger partial charge in [-0.1, -0.05) is 123 Å². The minimum absolute atomic E-state index is 0.183. The first-order valence-electron chi connectivity index (χ1n) is 12.7. The summed E-state index contributed by atoms with van der Waals surface area (Å²) < 4.78 is 0. The van der Waals surface area contributed by atoms with E-state index >= 15 is 0 Å². The molecule has 0 atom stereocenters. The second kappa shape index (κ2) is 8.23. The number of rotatable bonds is 2. The molecule has 0 amide bonds. The summed E-state index contributed by atoms with van der Waals surface area (Å²) in [6.45, 7) is 4.60. The third-order valence-electron chi connectivity index (χ3n) is 7.90. The van der Waals surface area contributed by atoms with Crippen LogP contribution in [0.3, 0.4) is 0 Å². The molecule has 0 fully saturated rings. The van der Waals surface area contributed by atoms with Gasteiger partial charge >= 0.3 is 0 Å². The summed E-state index contributed by atoms with van der Waals surface area (Å²) in [4.78, 5) is 2.46. The van der Waals surface area contributed by atoms with Crippen LogP contribution in [-0.2, 0) is 5.41 Å². The van der Waals surface area contributed by atoms with E-state index in [-0.39, 0.29) is 5.41 Å². The van der Waals surface area contributed by atoms with Gasteiger partial charge in [-0.05, 0) is 57.1 Å². The van der Waals surface area contributed by atoms with E-state index in [0.717, 1.165) is 5.02 Å². The molecule has 1 aliphatic heterocycles. The van der Waals surface area contributed by atoms with Gasteiger partial charge in [0.05, 0.1) is 17.1 Å². The predicted octanol–water partition coefficient (Wildman–Crippen LogP) is 10.4. The molecule has 0 unspecified atom stereocenters. The summed E-state index contributed by atoms with van der Waals surface area (Å²) in [5.74, 6) is 0. The average molecular weight is 496 g/mol. The van der Waals surface area contributed by atoms with Crippen molar-refractivity contribution in [3.63, 3.8) is 0 Å². The van der Waals surface area contributed by atoms with Gasteiger partial charge in [0.2, 0.25) is 0 Å². The maximum Gasteiger partial charge on any atom is 0.0618 e. The molecule has 7 rings (SSSR count). The van der Waals surface area contributed by atoms with Crippen molar-refractivity contribution >= 4 is 50.2 Å². The second-order valence-corrected chi connectivity index (χ2v) is 10.8. The van der Waals surface area contributed by atoms with Gasteiger partial charge in [0.1, 0.15) is 0 Å². The molecule has 1 nitrogen and oxygen atoms in total. The molecule has 0 spiro atoms. The predicted molar refractivity (Wildman–Crippen MR) is 159 cm³/mol. The average Bonchev–Trinajstić information content (AvgIpc) is 2.93. The van der Waals surface area contributed by atoms with Crippen molar-refractivity contribution in [2.24, 2.45) is 0 Å². The van der Waals surface area contributed by atoms with Crippen molar-refractivity contribution in [2.75, 3.05) is 4.90 Å². The number of nitrogens with zero attached hydrogens (tertiary/aromatic N) is 1. The number of hydrogen-bond acceptors (Lipinski definition) is 1. The van der Waals surface area contributed by atoms with Crippen LogP contribution in [0, 0.1) is 0 Å². The highest BCUT2D eigenvalue weighted by Crippen LogP contribution is 2.55. The van der Waals surface area contributed by atoms with E-state index in [1.165, 1.54) is 60.9 Å². The highest BCUT2D eigenvalue weighted by atomic mass is 35.5. The smallest absolute Gasteiger partial charge is 0.0618 e. The first kappa shape index (κ1) is 22.2. The van der Waals surface area contributed by atoms with Crippen LogP contribution in [0.1, 0.15) is 25.0 Å². The maximum atomic E-state index is 6.59. The molecule has 1 heterocycles. The minimum atomic E-state index is -0.183. The molecule has 0 aromatic heterocycles. The monoisotopic (exact) mass is 495 g/mol. The third-order valence-corrected chi connectivity index (χ3v) is 8.13. The summed E-state index contributed by atoms with van der Waals surface area (Å²) in [7, 11) is 0. The van der Waals surface area contributed by atoms with Crippen molar-refractivity contribution in [3.8, 4) is 11.1 Å². The van der Waals surface area contributed by atoms with E-state index in [2.05, 4.69) is 134 Å². The number of halogens is 1. The number of hydrogen-bond donors (Lipinski definition) is 0. The van der Waals surface area contributed by atoms with Crippen molar-refractivity contribution in [3.05, 3.63) is 137 Å². The summed E-state index contributed by atoms with van der Waals surface area (Å²) in [6, 6.07) is 43.6. The zero-order valence-electron chi connectivity index (χ0n) is 20.9. The summed E-state index contributed by atoms with van der Waals surface area (Å²) in [5, 5.41) is 5.70. The van der Waals surface area contributed by atoms with Crippen LogP contribution in [0.2, 0.25) is 5.02 Å². The van der Waals surface area contributed by atoms with E-state index in [4.69, 9.17) is 11.6 Å². The van der Waals surface area contributed by atoms with Gasteiger partial charge in [0, 0.05) is 21.4 Å². The molecule has 2 heteroatoms. The molecule has 178 valence electrons. The third kappa shape index (κ3) is 3.31. The van der Waals surface area contributed by atoms with E-state index in [1.54, 1.807) is 0 Å². The Morgan fingerprint density at radius 2 is 1.19 bits per heavy atom. The quantitative estimate of drug-likeness (QED) is 0.231. The van der Waals surface area contributed by atoms with Gasteiger partial charge in [-0.3, -0.25) is 0 Å². The molecule has 0 N–H and O–H groups in total. The van der Waals surface area contributed by atoms with Gasteiger partial charge in [0.25, 0.3) is 0 Å². The Morgan fingerprint density at radius 3 is 2.03 bits per heavy atom. The van der Waals surface area contributed by atoms with Crippen LogP contribution >= 0.6 is 11.6 Å². The molecule has 37 heavy (non-hydrogen) atoms. The molecule has 6 aromatic rings. The molecule has 0 aliphatic carbocycles. The Kier molecular flexibility index (Phi) is 4.93. The molecule has 0 radical (unpaired) electrons. The number of fused-ring (bicyclic) bond motifs is 4. The molecule has 0 saturated heterocycles. The lowest BCUT2D eigenvalue weighted by Gasteiger charge is -2.43. The maximum absolute atomic E-state index is 6.59. The highest BCUT2D eigenvalue weighted by Gasteiger charge is 2.38. The summed E-state index contributed by atoms with van der Waals surface area (Å²) in [5.41, 5.74) is 8.36. The molecule has 1 aliphatic rings. The Bertz CT molecular complexity index is 1830. The zero-order chi connectivity index (χ0) is 25.1. The topological polar surface area (TPSA) is 3.24 Å². The highest BCUT2D eigenvalue weighted by molar-refractivity contribution is 6.30. The van der Waals surface area contributed by atoms with Crippen molar-refractivity contribution in [1.29, 1.82) is 0 Å². The molecule has 0 bridgehead atoms. The number of benzene rings is 6. The summed E-state index contributed by atoms with van der Waals surface area (Å²) >= 11 is 6.59. The van der Waals surface area contributed by atoms with Gasteiger partial charge < -0.3 is 4.90 Å². The lowest BCUT2D eigenvalue weighted by atomic mass is 9.73. The number of anilines is 3. The fourth-order valence-electron chi connectivity index (χ4n) is 6.09. The van der Waals surface area contributed by atoms with Gasteiger partial charge in [-0.2, -0.15) is 0 Å². The minimum Gasteiger partial charge on any atom is -0.309 e. The molecular formula is C35H26ClN. The standard InChI is InChI=1S/C35H26ClN/c1-35(2)30-16-7-8-17-32(30)37(33-21-19-25(36)22-31(33)35)34-27-14-6-4-11-24(27)18-20-29(34)28-15-9-12-23-10-3-5-13-26(23)28/h3-22H,1-2H3.